The van der Waals surface area contributed by atoms with Gasteiger partial charge in [0.1, 0.15) is 0 Å². The first kappa shape index (κ1) is 25.2. The van der Waals surface area contributed by atoms with Gasteiger partial charge in [0.05, 0.1) is 0 Å². The summed E-state index contributed by atoms with van der Waals surface area (Å²) in [6.45, 7) is 3.98. The first-order chi connectivity index (χ1) is 16.2. The summed E-state index contributed by atoms with van der Waals surface area (Å²) >= 11 is 0. The van der Waals surface area contributed by atoms with Crippen molar-refractivity contribution in [3.05, 3.63) is 76.9 Å². The van der Waals surface area contributed by atoms with Crippen LogP contribution in [0.4, 0.5) is 0 Å². The summed E-state index contributed by atoms with van der Waals surface area (Å²) in [7, 11) is 2.00. The number of rotatable bonds is 11. The molecular formula is C29H40N2O2. The van der Waals surface area contributed by atoms with Crippen molar-refractivity contribution in [2.45, 2.75) is 70.4 Å². The molecule has 1 aliphatic rings. The normalized spacial score (nSPS) is 18.5. The van der Waals surface area contributed by atoms with E-state index in [2.05, 4.69) is 47.5 Å². The monoisotopic (exact) mass is 448 g/mol. The molecule has 2 N–H and O–H groups in total. The molecule has 0 aromatic heterocycles. The highest BCUT2D eigenvalue weighted by atomic mass is 16.2. The minimum absolute atomic E-state index is 0.234. The van der Waals surface area contributed by atoms with E-state index >= 15 is 0 Å². The van der Waals surface area contributed by atoms with Crippen LogP contribution in [-0.2, 0) is 17.8 Å². The molecule has 1 aliphatic carbocycles. The zero-order valence-electron chi connectivity index (χ0n) is 20.3. The molecule has 1 saturated carbocycles. The fourth-order valence-corrected chi connectivity index (χ4v) is 5.15. The fourth-order valence-electron chi connectivity index (χ4n) is 5.15. The van der Waals surface area contributed by atoms with Crippen LogP contribution in [0.25, 0.3) is 6.08 Å². The average Bonchev–Trinajstić information content (AvgIpc) is 2.85. The number of benzene rings is 2. The zero-order chi connectivity index (χ0) is 23.5. The SMILES string of the molecule is CCN(C(=O)CC=Cc1ccccc1)C1CCC(c2ccc(CCCO)cc2CNC)CC1. The molecule has 1 fully saturated rings. The molecule has 0 spiro atoms. The first-order valence-corrected chi connectivity index (χ1v) is 12.5. The molecule has 178 valence electrons. The minimum Gasteiger partial charge on any atom is -0.396 e. The maximum absolute atomic E-state index is 12.9. The molecule has 0 unspecified atom stereocenters. The zero-order valence-corrected chi connectivity index (χ0v) is 20.3. The van der Waals surface area contributed by atoms with Gasteiger partial charge in [-0.25, -0.2) is 0 Å². The van der Waals surface area contributed by atoms with E-state index < -0.39 is 0 Å². The molecule has 3 rings (SSSR count). The standard InChI is InChI=1S/C29H40N2O2/c1-3-31(29(33)13-7-11-23-9-5-4-6-10-23)27-17-15-25(16-18-27)28-19-14-24(12-8-20-32)21-26(28)22-30-2/h4-7,9-11,14,19,21,25,27,30,32H,3,8,12-13,15-18,20,22H2,1-2H3. The molecule has 2 aromatic carbocycles. The molecule has 0 aliphatic heterocycles. The summed E-state index contributed by atoms with van der Waals surface area (Å²) in [4.78, 5) is 15.0. The van der Waals surface area contributed by atoms with E-state index in [4.69, 9.17) is 5.11 Å². The third-order valence-corrected chi connectivity index (χ3v) is 6.84. The van der Waals surface area contributed by atoms with Crippen LogP contribution in [0.5, 0.6) is 0 Å². The molecule has 33 heavy (non-hydrogen) atoms. The van der Waals surface area contributed by atoms with Gasteiger partial charge in [0, 0.05) is 32.2 Å². The second-order valence-corrected chi connectivity index (χ2v) is 9.09. The Bertz CT molecular complexity index is 886. The van der Waals surface area contributed by atoms with Crippen molar-refractivity contribution in [2.75, 3.05) is 20.2 Å². The van der Waals surface area contributed by atoms with Gasteiger partial charge >= 0.3 is 0 Å². The molecule has 0 bridgehead atoms. The second kappa shape index (κ2) is 13.3. The summed E-state index contributed by atoms with van der Waals surface area (Å²) < 4.78 is 0. The predicted octanol–water partition coefficient (Wildman–Crippen LogP) is 5.31. The van der Waals surface area contributed by atoms with E-state index in [1.54, 1.807) is 0 Å². The number of nitrogens with zero attached hydrogens (tertiary/aromatic N) is 1. The largest absolute Gasteiger partial charge is 0.396 e. The number of aliphatic hydroxyl groups excluding tert-OH is 1. The summed E-state index contributed by atoms with van der Waals surface area (Å²) in [5, 5.41) is 12.5. The lowest BCUT2D eigenvalue weighted by molar-refractivity contribution is -0.133. The van der Waals surface area contributed by atoms with Crippen molar-refractivity contribution in [3.8, 4) is 0 Å². The molecule has 0 heterocycles. The first-order valence-electron chi connectivity index (χ1n) is 12.5. The Kier molecular flexibility index (Phi) is 10.2. The Morgan fingerprint density at radius 2 is 1.88 bits per heavy atom. The predicted molar refractivity (Wildman–Crippen MR) is 137 cm³/mol. The Morgan fingerprint density at radius 3 is 2.55 bits per heavy atom. The van der Waals surface area contributed by atoms with E-state index in [-0.39, 0.29) is 12.5 Å². The second-order valence-electron chi connectivity index (χ2n) is 9.09. The van der Waals surface area contributed by atoms with Gasteiger partial charge in [-0.1, -0.05) is 60.7 Å². The van der Waals surface area contributed by atoms with Crippen LogP contribution in [0, 0.1) is 0 Å². The molecular weight excluding hydrogens is 408 g/mol. The van der Waals surface area contributed by atoms with Crippen molar-refractivity contribution in [1.29, 1.82) is 0 Å². The highest BCUT2D eigenvalue weighted by Gasteiger charge is 2.29. The summed E-state index contributed by atoms with van der Waals surface area (Å²) in [6, 6.07) is 17.4. The molecule has 1 amide bonds. The van der Waals surface area contributed by atoms with Crippen LogP contribution in [0.2, 0.25) is 0 Å². The lowest BCUT2D eigenvalue weighted by atomic mass is 9.79. The third kappa shape index (κ3) is 7.28. The number of aryl methyl sites for hydroxylation is 1. The van der Waals surface area contributed by atoms with Gasteiger partial charge in [-0.3, -0.25) is 4.79 Å². The van der Waals surface area contributed by atoms with E-state index in [1.807, 2.05) is 37.4 Å². The van der Waals surface area contributed by atoms with Crippen LogP contribution in [-0.4, -0.2) is 42.2 Å². The van der Waals surface area contributed by atoms with E-state index in [1.165, 1.54) is 16.7 Å². The number of aliphatic hydroxyl groups is 1. The topological polar surface area (TPSA) is 52.6 Å². The smallest absolute Gasteiger partial charge is 0.226 e. The minimum atomic E-state index is 0.234. The van der Waals surface area contributed by atoms with Crippen molar-refractivity contribution >= 4 is 12.0 Å². The molecule has 4 heteroatoms. The summed E-state index contributed by atoms with van der Waals surface area (Å²) in [6.07, 6.45) is 10.6. The summed E-state index contributed by atoms with van der Waals surface area (Å²) in [5.41, 5.74) is 5.27. The van der Waals surface area contributed by atoms with Gasteiger partial charge in [0.15, 0.2) is 0 Å². The number of carbonyl (C=O) groups is 1. The summed E-state index contributed by atoms with van der Waals surface area (Å²) in [5.74, 6) is 0.792. The lowest BCUT2D eigenvalue weighted by Gasteiger charge is -2.37. The maximum Gasteiger partial charge on any atom is 0.226 e. The van der Waals surface area contributed by atoms with Crippen molar-refractivity contribution < 1.29 is 9.90 Å². The Morgan fingerprint density at radius 1 is 1.12 bits per heavy atom. The van der Waals surface area contributed by atoms with Crippen LogP contribution in [0.3, 0.4) is 0 Å². The molecule has 2 aromatic rings. The van der Waals surface area contributed by atoms with Crippen LogP contribution < -0.4 is 5.32 Å². The number of amides is 1. The van der Waals surface area contributed by atoms with Gasteiger partial charge in [-0.2, -0.15) is 0 Å². The number of hydrogen-bond acceptors (Lipinski definition) is 3. The quantitative estimate of drug-likeness (QED) is 0.490. The Balaban J connectivity index is 1.58. The van der Waals surface area contributed by atoms with Gasteiger partial charge in [-0.05, 0) is 80.7 Å². The van der Waals surface area contributed by atoms with Crippen LogP contribution in [0.1, 0.15) is 73.6 Å². The Labute approximate surface area is 199 Å². The van der Waals surface area contributed by atoms with Crippen molar-refractivity contribution in [1.82, 2.24) is 10.2 Å². The lowest BCUT2D eigenvalue weighted by Crippen LogP contribution is -2.41. The number of hydrogen-bond donors (Lipinski definition) is 2. The molecule has 0 atom stereocenters. The highest BCUT2D eigenvalue weighted by Crippen LogP contribution is 2.37. The molecule has 4 nitrogen and oxygen atoms in total. The van der Waals surface area contributed by atoms with Gasteiger partial charge in [-0.15, -0.1) is 0 Å². The highest BCUT2D eigenvalue weighted by molar-refractivity contribution is 5.79. The van der Waals surface area contributed by atoms with Crippen LogP contribution in [0.15, 0.2) is 54.6 Å². The van der Waals surface area contributed by atoms with Crippen molar-refractivity contribution in [3.63, 3.8) is 0 Å². The van der Waals surface area contributed by atoms with Gasteiger partial charge in [0.2, 0.25) is 5.91 Å². The van der Waals surface area contributed by atoms with E-state index in [9.17, 15) is 4.79 Å². The van der Waals surface area contributed by atoms with Gasteiger partial charge < -0.3 is 15.3 Å². The third-order valence-electron chi connectivity index (χ3n) is 6.84. The number of nitrogens with one attached hydrogen (secondary N) is 1. The Hall–Kier alpha value is -2.43. The maximum atomic E-state index is 12.9. The number of carbonyl (C=O) groups excluding carboxylic acids is 1. The van der Waals surface area contributed by atoms with Crippen LogP contribution >= 0.6 is 0 Å². The fraction of sp³-hybridized carbons (Fsp3) is 0.483. The average molecular weight is 449 g/mol. The van der Waals surface area contributed by atoms with E-state index in [0.29, 0.717) is 18.4 Å². The molecule has 0 radical (unpaired) electrons. The van der Waals surface area contributed by atoms with E-state index in [0.717, 1.165) is 57.2 Å². The molecule has 0 saturated heterocycles. The van der Waals surface area contributed by atoms with Crippen molar-refractivity contribution in [2.24, 2.45) is 0 Å². The van der Waals surface area contributed by atoms with Gasteiger partial charge in [0.25, 0.3) is 0 Å².